The van der Waals surface area contributed by atoms with Gasteiger partial charge in [0, 0.05) is 52.5 Å². The Bertz CT molecular complexity index is 877. The van der Waals surface area contributed by atoms with Crippen molar-refractivity contribution in [3.63, 3.8) is 0 Å². The molecule has 3 aliphatic rings. The van der Waals surface area contributed by atoms with E-state index in [9.17, 15) is 19.2 Å². The van der Waals surface area contributed by atoms with Crippen LogP contribution in [0.5, 0.6) is 5.75 Å². The van der Waals surface area contributed by atoms with Crippen LogP contribution in [0.4, 0.5) is 0 Å². The van der Waals surface area contributed by atoms with Crippen LogP contribution in [0, 0.1) is 0 Å². The largest absolute Gasteiger partial charge is 0.486 e. The molecule has 3 amide bonds. The summed E-state index contributed by atoms with van der Waals surface area (Å²) in [5.74, 6) is 0.441. The van der Waals surface area contributed by atoms with Crippen LogP contribution in [0.3, 0.4) is 0 Å². The Balaban J connectivity index is 1.38. The Morgan fingerprint density at radius 3 is 2.43 bits per heavy atom. The Kier molecular flexibility index (Phi) is 5.49. The average molecular weight is 413 g/mol. The number of Topliss-reactive ketones (excluding diaryl/α,β-unsaturated/α-hetero) is 1. The monoisotopic (exact) mass is 413 g/mol. The zero-order chi connectivity index (χ0) is 21.3. The molecular formula is C22H27N3O5. The maximum Gasteiger partial charge on any atom is 0.242 e. The first-order valence-electron chi connectivity index (χ1n) is 10.5. The zero-order valence-corrected chi connectivity index (χ0v) is 17.3. The molecular weight excluding hydrogens is 386 g/mol. The fourth-order valence-electron chi connectivity index (χ4n) is 4.50. The molecule has 1 atom stereocenters. The molecule has 0 N–H and O–H groups in total. The lowest BCUT2D eigenvalue weighted by molar-refractivity contribution is -0.143. The van der Waals surface area contributed by atoms with E-state index in [1.165, 1.54) is 6.92 Å². The molecule has 0 aliphatic carbocycles. The van der Waals surface area contributed by atoms with Gasteiger partial charge in [-0.3, -0.25) is 19.2 Å². The van der Waals surface area contributed by atoms with Crippen molar-refractivity contribution < 1.29 is 23.9 Å². The Hall–Kier alpha value is -2.90. The number of likely N-dealkylation sites (tertiary alicyclic amines) is 1. The van der Waals surface area contributed by atoms with E-state index in [1.54, 1.807) is 26.8 Å². The first-order valence-corrected chi connectivity index (χ1v) is 10.5. The summed E-state index contributed by atoms with van der Waals surface area (Å²) in [5, 5.41) is 0. The van der Waals surface area contributed by atoms with Crippen LogP contribution in [0.15, 0.2) is 24.3 Å². The van der Waals surface area contributed by atoms with Crippen LogP contribution in [0.25, 0.3) is 0 Å². The lowest BCUT2D eigenvalue weighted by Crippen LogP contribution is -2.52. The van der Waals surface area contributed by atoms with Crippen molar-refractivity contribution in [2.24, 2.45) is 0 Å². The molecule has 160 valence electrons. The number of ether oxygens (including phenoxy) is 1. The van der Waals surface area contributed by atoms with Crippen molar-refractivity contribution in [3.05, 3.63) is 29.8 Å². The number of carbonyl (C=O) groups is 4. The Morgan fingerprint density at radius 1 is 1.00 bits per heavy atom. The minimum Gasteiger partial charge on any atom is -0.486 e. The van der Waals surface area contributed by atoms with Gasteiger partial charge < -0.3 is 19.4 Å². The van der Waals surface area contributed by atoms with Gasteiger partial charge in [-0.25, -0.2) is 0 Å². The van der Waals surface area contributed by atoms with Gasteiger partial charge in [0.25, 0.3) is 0 Å². The van der Waals surface area contributed by atoms with Gasteiger partial charge in [0.2, 0.25) is 17.7 Å². The SMILES string of the molecule is CC(=O)N1CCN(C(=O)CN2CC[C@]3(CCC2=O)CC(=O)c2ccccc2O3)CC1. The lowest BCUT2D eigenvalue weighted by atomic mass is 9.84. The maximum atomic E-state index is 12.7. The van der Waals surface area contributed by atoms with Gasteiger partial charge in [0.05, 0.1) is 18.5 Å². The standard InChI is InChI=1S/C22H27N3O5/c1-16(26)23-10-12-24(13-11-23)21(29)15-25-9-8-22(7-6-20(25)28)14-18(27)17-4-2-3-5-19(17)30-22/h2-5H,6-15H2,1H3/t22-/m1/s1. The number of carbonyl (C=O) groups excluding carboxylic acids is 4. The summed E-state index contributed by atoms with van der Waals surface area (Å²) in [5.41, 5.74) is -0.0955. The molecule has 8 nitrogen and oxygen atoms in total. The fraction of sp³-hybridized carbons (Fsp3) is 0.545. The topological polar surface area (TPSA) is 87.2 Å². The third-order valence-electron chi connectivity index (χ3n) is 6.39. The highest BCUT2D eigenvalue weighted by Gasteiger charge is 2.43. The second kappa shape index (κ2) is 8.08. The molecule has 0 radical (unpaired) electrons. The molecule has 4 rings (SSSR count). The first kappa shape index (κ1) is 20.4. The van der Waals surface area contributed by atoms with E-state index >= 15 is 0 Å². The van der Waals surface area contributed by atoms with E-state index in [1.807, 2.05) is 12.1 Å². The molecule has 1 aromatic rings. The van der Waals surface area contributed by atoms with Crippen molar-refractivity contribution in [1.29, 1.82) is 0 Å². The number of hydrogen-bond acceptors (Lipinski definition) is 5. The van der Waals surface area contributed by atoms with Crippen LogP contribution in [-0.2, 0) is 14.4 Å². The smallest absolute Gasteiger partial charge is 0.242 e. The number of amides is 3. The van der Waals surface area contributed by atoms with Crippen molar-refractivity contribution >= 4 is 23.5 Å². The molecule has 3 aliphatic heterocycles. The number of benzene rings is 1. The van der Waals surface area contributed by atoms with Crippen LogP contribution < -0.4 is 4.74 Å². The molecule has 3 heterocycles. The second-order valence-corrected chi connectivity index (χ2v) is 8.33. The third-order valence-corrected chi connectivity index (χ3v) is 6.39. The van der Waals surface area contributed by atoms with E-state index in [0.717, 1.165) is 0 Å². The van der Waals surface area contributed by atoms with Crippen molar-refractivity contribution in [2.75, 3.05) is 39.3 Å². The van der Waals surface area contributed by atoms with Crippen LogP contribution >= 0.6 is 0 Å². The fourth-order valence-corrected chi connectivity index (χ4v) is 4.50. The minimum absolute atomic E-state index is 0.0127. The summed E-state index contributed by atoms with van der Waals surface area (Å²) in [6.45, 7) is 3.95. The van der Waals surface area contributed by atoms with Gasteiger partial charge >= 0.3 is 0 Å². The number of piperazine rings is 1. The summed E-state index contributed by atoms with van der Waals surface area (Å²) in [4.78, 5) is 54.5. The maximum absolute atomic E-state index is 12.7. The normalized spacial score (nSPS) is 24.4. The van der Waals surface area contributed by atoms with Crippen LogP contribution in [0.1, 0.15) is 43.0 Å². The van der Waals surface area contributed by atoms with E-state index < -0.39 is 5.60 Å². The molecule has 1 spiro atoms. The number of ketones is 1. The van der Waals surface area contributed by atoms with Crippen LogP contribution in [-0.4, -0.2) is 83.1 Å². The van der Waals surface area contributed by atoms with Gasteiger partial charge in [-0.15, -0.1) is 0 Å². The molecule has 2 saturated heterocycles. The quantitative estimate of drug-likeness (QED) is 0.725. The number of fused-ring (bicyclic) bond motifs is 1. The van der Waals surface area contributed by atoms with Gasteiger partial charge in [-0.05, 0) is 18.6 Å². The van der Waals surface area contributed by atoms with Gasteiger partial charge in [0.15, 0.2) is 5.78 Å². The molecule has 0 unspecified atom stereocenters. The summed E-state index contributed by atoms with van der Waals surface area (Å²) >= 11 is 0. The minimum atomic E-state index is -0.688. The zero-order valence-electron chi connectivity index (χ0n) is 17.3. The van der Waals surface area contributed by atoms with Crippen LogP contribution in [0.2, 0.25) is 0 Å². The lowest BCUT2D eigenvalue weighted by Gasteiger charge is -2.37. The van der Waals surface area contributed by atoms with Gasteiger partial charge in [0.1, 0.15) is 11.4 Å². The Morgan fingerprint density at radius 2 is 1.70 bits per heavy atom. The molecule has 1 aromatic carbocycles. The second-order valence-electron chi connectivity index (χ2n) is 8.33. The highest BCUT2D eigenvalue weighted by atomic mass is 16.5. The van der Waals surface area contributed by atoms with Gasteiger partial charge in [-0.1, -0.05) is 12.1 Å². The molecule has 0 bridgehead atoms. The summed E-state index contributed by atoms with van der Waals surface area (Å²) in [7, 11) is 0. The predicted molar refractivity (Wildman–Crippen MR) is 108 cm³/mol. The molecule has 2 fully saturated rings. The first-order chi connectivity index (χ1) is 14.4. The van der Waals surface area contributed by atoms with Crippen molar-refractivity contribution in [1.82, 2.24) is 14.7 Å². The number of para-hydroxylation sites is 1. The van der Waals surface area contributed by atoms with Crippen molar-refractivity contribution in [3.8, 4) is 5.75 Å². The molecule has 8 heteroatoms. The average Bonchev–Trinajstić information content (AvgIpc) is 2.88. The number of nitrogens with zero attached hydrogens (tertiary/aromatic N) is 3. The summed E-state index contributed by atoms with van der Waals surface area (Å²) in [6.07, 6.45) is 1.49. The van der Waals surface area contributed by atoms with E-state index in [0.29, 0.717) is 56.9 Å². The van der Waals surface area contributed by atoms with E-state index in [4.69, 9.17) is 4.74 Å². The van der Waals surface area contributed by atoms with E-state index in [-0.39, 0.29) is 42.9 Å². The summed E-state index contributed by atoms with van der Waals surface area (Å²) in [6, 6.07) is 7.22. The molecule has 30 heavy (non-hydrogen) atoms. The van der Waals surface area contributed by atoms with E-state index in [2.05, 4.69) is 0 Å². The number of hydrogen-bond donors (Lipinski definition) is 0. The Labute approximate surface area is 175 Å². The van der Waals surface area contributed by atoms with Crippen molar-refractivity contribution in [2.45, 2.75) is 38.2 Å². The number of rotatable bonds is 2. The predicted octanol–water partition coefficient (Wildman–Crippen LogP) is 1.09. The highest BCUT2D eigenvalue weighted by molar-refractivity contribution is 6.00. The summed E-state index contributed by atoms with van der Waals surface area (Å²) < 4.78 is 6.23. The molecule has 0 saturated carbocycles. The highest BCUT2D eigenvalue weighted by Crippen LogP contribution is 2.39. The van der Waals surface area contributed by atoms with Gasteiger partial charge in [-0.2, -0.15) is 0 Å². The third kappa shape index (κ3) is 4.04. The molecule has 0 aromatic heterocycles.